The van der Waals surface area contributed by atoms with Gasteiger partial charge in [0.05, 0.1) is 6.07 Å². The molecule has 0 fully saturated rings. The van der Waals surface area contributed by atoms with Gasteiger partial charge in [0.2, 0.25) is 0 Å². The highest BCUT2D eigenvalue weighted by Crippen LogP contribution is 2.22. The predicted octanol–water partition coefficient (Wildman–Crippen LogP) is -0.676. The van der Waals surface area contributed by atoms with Gasteiger partial charge in [0.1, 0.15) is 16.0 Å². The topological polar surface area (TPSA) is 128 Å². The van der Waals surface area contributed by atoms with Crippen LogP contribution in [0.1, 0.15) is 11.9 Å². The van der Waals surface area contributed by atoms with Crippen molar-refractivity contribution in [2.45, 2.75) is 6.17 Å². The summed E-state index contributed by atoms with van der Waals surface area (Å²) in [5.41, 5.74) is 7.67. The van der Waals surface area contributed by atoms with Crippen LogP contribution in [0, 0.1) is 10.1 Å². The molecule has 1 atom stereocenters. The summed E-state index contributed by atoms with van der Waals surface area (Å²) < 4.78 is 7.21. The molecule has 0 bridgehead atoms. The van der Waals surface area contributed by atoms with E-state index in [2.05, 4.69) is 15.3 Å². The number of benzene rings is 1. The third-order valence-corrected chi connectivity index (χ3v) is 3.52. The summed E-state index contributed by atoms with van der Waals surface area (Å²) in [6.45, 7) is 0. The molecule has 1 aliphatic rings. The third-order valence-electron chi connectivity index (χ3n) is 3.52. The van der Waals surface area contributed by atoms with Crippen molar-refractivity contribution in [1.29, 1.82) is 0 Å². The zero-order valence-corrected chi connectivity index (χ0v) is 11.2. The van der Waals surface area contributed by atoms with Gasteiger partial charge < -0.3 is 4.42 Å². The van der Waals surface area contributed by atoms with E-state index in [0.29, 0.717) is 17.7 Å². The fourth-order valence-electron chi connectivity index (χ4n) is 2.62. The van der Waals surface area contributed by atoms with Crippen LogP contribution in [-0.2, 0) is 0 Å². The Morgan fingerprint density at radius 1 is 1.32 bits per heavy atom. The van der Waals surface area contributed by atoms with Crippen LogP contribution in [0.4, 0.5) is 11.8 Å². The van der Waals surface area contributed by atoms with Crippen molar-refractivity contribution in [3.05, 3.63) is 52.3 Å². The van der Waals surface area contributed by atoms with Crippen LogP contribution in [-0.4, -0.2) is 15.9 Å². The second-order valence-electron chi connectivity index (χ2n) is 4.88. The van der Waals surface area contributed by atoms with Gasteiger partial charge in [0.25, 0.3) is 6.17 Å². The van der Waals surface area contributed by atoms with E-state index in [0.717, 1.165) is 11.0 Å². The van der Waals surface area contributed by atoms with Gasteiger partial charge in [-0.2, -0.15) is 9.88 Å². The maximum atomic E-state index is 10.8. The van der Waals surface area contributed by atoms with E-state index in [1.54, 1.807) is 6.07 Å². The van der Waals surface area contributed by atoms with Crippen molar-refractivity contribution >= 4 is 28.8 Å². The highest BCUT2D eigenvalue weighted by Gasteiger charge is 2.35. The molecule has 4 rings (SSSR count). The van der Waals surface area contributed by atoms with Crippen molar-refractivity contribution in [2.24, 2.45) is 5.73 Å². The van der Waals surface area contributed by atoms with E-state index in [1.807, 2.05) is 28.8 Å². The maximum absolute atomic E-state index is 10.8. The number of furan rings is 1. The van der Waals surface area contributed by atoms with Gasteiger partial charge in [-0.15, -0.1) is 0 Å². The number of rotatable bonds is 2. The predicted molar refractivity (Wildman–Crippen MR) is 75.8 cm³/mol. The van der Waals surface area contributed by atoms with Crippen molar-refractivity contribution in [1.82, 2.24) is 4.98 Å². The molecule has 0 saturated heterocycles. The first kappa shape index (κ1) is 12.4. The number of anilines is 1. The summed E-state index contributed by atoms with van der Waals surface area (Å²) in [6, 6.07) is 10.6. The number of guanidine groups is 1. The summed E-state index contributed by atoms with van der Waals surface area (Å²) in [5.74, 6) is 1.08. The number of nitrogens with one attached hydrogen (secondary N) is 3. The summed E-state index contributed by atoms with van der Waals surface area (Å²) in [5, 5.41) is 13.8. The summed E-state index contributed by atoms with van der Waals surface area (Å²) in [6.07, 6.45) is -0.485. The van der Waals surface area contributed by atoms with Gasteiger partial charge >= 0.3 is 17.8 Å². The molecule has 5 N–H and O–H groups in total. The van der Waals surface area contributed by atoms with Crippen LogP contribution in [0.3, 0.4) is 0 Å². The Hall–Kier alpha value is -3.36. The molecule has 2 aromatic heterocycles. The van der Waals surface area contributed by atoms with Crippen LogP contribution < -0.4 is 20.6 Å². The Balaban J connectivity index is 1.91. The molecule has 0 unspecified atom stereocenters. The average Bonchev–Trinajstić information content (AvgIpc) is 3.10. The standard InChI is InChI=1S/C13H10N6O3/c14-12-16-11(9-5-6-10(22-9)19(20)21)18-8-4-2-1-3-7(8)15-13(18)17-12/h1-6,11H,(H3,14,15,16,17)/p+2/t11-/m1/s1. The molecule has 3 heterocycles. The van der Waals surface area contributed by atoms with E-state index in [1.165, 1.54) is 6.07 Å². The molecule has 0 amide bonds. The lowest BCUT2D eigenvalue weighted by Gasteiger charge is -2.14. The Morgan fingerprint density at radius 3 is 2.91 bits per heavy atom. The minimum absolute atomic E-state index is 0.309. The number of aromatic nitrogens is 2. The van der Waals surface area contributed by atoms with Crippen molar-refractivity contribution in [3.8, 4) is 0 Å². The lowest BCUT2D eigenvalue weighted by molar-refractivity contribution is -0.842. The highest BCUT2D eigenvalue weighted by atomic mass is 16.6. The number of nitrogens with zero attached hydrogens (tertiary/aromatic N) is 2. The molecule has 22 heavy (non-hydrogen) atoms. The second kappa shape index (κ2) is 4.32. The number of H-pyrrole nitrogens is 1. The third kappa shape index (κ3) is 1.72. The smallest absolute Gasteiger partial charge is 0.398 e. The highest BCUT2D eigenvalue weighted by molar-refractivity contribution is 5.87. The van der Waals surface area contributed by atoms with Gasteiger partial charge in [0, 0.05) is 0 Å². The number of nitrogens with two attached hydrogens (primary N) is 1. The molecule has 0 radical (unpaired) electrons. The minimum atomic E-state index is -0.571. The van der Waals surface area contributed by atoms with Gasteiger partial charge in [-0.25, -0.2) is 9.98 Å². The number of fused-ring (bicyclic) bond motifs is 3. The fourth-order valence-corrected chi connectivity index (χ4v) is 2.62. The normalized spacial score (nSPS) is 16.9. The van der Waals surface area contributed by atoms with Crippen LogP contribution in [0.5, 0.6) is 0 Å². The lowest BCUT2D eigenvalue weighted by Crippen LogP contribution is -2.88. The maximum Gasteiger partial charge on any atom is 0.433 e. The first-order valence-electron chi connectivity index (χ1n) is 6.56. The zero-order valence-electron chi connectivity index (χ0n) is 11.2. The minimum Gasteiger partial charge on any atom is -0.398 e. The Labute approximate surface area is 123 Å². The van der Waals surface area contributed by atoms with Gasteiger partial charge in [0.15, 0.2) is 5.76 Å². The Bertz CT molecular complexity index is 925. The molecule has 1 aromatic carbocycles. The molecule has 0 saturated carbocycles. The molecular weight excluding hydrogens is 288 g/mol. The van der Waals surface area contributed by atoms with Gasteiger partial charge in [-0.1, -0.05) is 12.1 Å². The van der Waals surface area contributed by atoms with Crippen LogP contribution in [0.15, 0.2) is 40.8 Å². The van der Waals surface area contributed by atoms with E-state index in [9.17, 15) is 10.1 Å². The van der Waals surface area contributed by atoms with Crippen molar-refractivity contribution in [2.75, 3.05) is 5.32 Å². The van der Waals surface area contributed by atoms with Crippen molar-refractivity contribution < 1.29 is 18.9 Å². The summed E-state index contributed by atoms with van der Waals surface area (Å²) >= 11 is 0. The second-order valence-corrected chi connectivity index (χ2v) is 4.88. The Kier molecular flexibility index (Phi) is 2.43. The molecule has 9 heteroatoms. The van der Waals surface area contributed by atoms with Crippen LogP contribution in [0.25, 0.3) is 11.0 Å². The number of hydrogen-bond acceptors (Lipinski definition) is 5. The fraction of sp³-hybridized carbons (Fsp3) is 0.0769. The molecule has 3 aromatic rings. The number of hydrogen-bond donors (Lipinski definition) is 4. The Morgan fingerprint density at radius 2 is 2.14 bits per heavy atom. The largest absolute Gasteiger partial charge is 0.433 e. The lowest BCUT2D eigenvalue weighted by atomic mass is 10.3. The number of aromatic amines is 1. The molecule has 110 valence electrons. The van der Waals surface area contributed by atoms with E-state index < -0.39 is 11.1 Å². The quantitative estimate of drug-likeness (QED) is 0.283. The summed E-state index contributed by atoms with van der Waals surface area (Å²) in [7, 11) is 0. The molecule has 0 spiro atoms. The van der Waals surface area contributed by atoms with E-state index >= 15 is 0 Å². The number of imidazole rings is 1. The van der Waals surface area contributed by atoms with Gasteiger partial charge in [-0.3, -0.25) is 15.8 Å². The van der Waals surface area contributed by atoms with E-state index in [-0.39, 0.29) is 5.88 Å². The molecule has 1 aliphatic heterocycles. The average molecular weight is 300 g/mol. The molecular formula is C13H12N6O3+2. The van der Waals surface area contributed by atoms with E-state index in [4.69, 9.17) is 10.2 Å². The molecule has 9 nitrogen and oxygen atoms in total. The number of nitro groups is 1. The van der Waals surface area contributed by atoms with Crippen LogP contribution >= 0.6 is 0 Å². The first-order chi connectivity index (χ1) is 10.6. The summed E-state index contributed by atoms with van der Waals surface area (Å²) in [4.78, 5) is 16.5. The van der Waals surface area contributed by atoms with Crippen LogP contribution in [0.2, 0.25) is 0 Å². The SMILES string of the molecule is NC1=[NH+][C@@H](c2ccc([N+](=O)[O-])o2)[n+]2c([nH]c3ccccc32)N1. The zero-order chi connectivity index (χ0) is 15.3. The molecule has 0 aliphatic carbocycles. The first-order valence-corrected chi connectivity index (χ1v) is 6.56. The van der Waals surface area contributed by atoms with Crippen molar-refractivity contribution in [3.63, 3.8) is 0 Å². The monoisotopic (exact) mass is 300 g/mol. The number of para-hydroxylation sites is 2. The van der Waals surface area contributed by atoms with Gasteiger partial charge in [-0.05, 0) is 18.2 Å².